The first-order chi connectivity index (χ1) is 14.9. The van der Waals surface area contributed by atoms with E-state index in [1.165, 1.54) is 38.7 Å². The molecule has 0 bridgehead atoms. The highest BCUT2D eigenvalue weighted by Gasteiger charge is 2.14. The molecule has 0 aliphatic rings. The molecule has 0 aliphatic carbocycles. The molecule has 5 rings (SSSR count). The van der Waals surface area contributed by atoms with Gasteiger partial charge >= 0.3 is 5.63 Å². The third kappa shape index (κ3) is 3.33. The third-order valence-electron chi connectivity index (χ3n) is 6.21. The SMILES string of the molecule is CC(C)c1c2ccccc2cc2cc(-c3cc(C(C)C)c4ccc(=O)oc4c3)ccc12. The van der Waals surface area contributed by atoms with Gasteiger partial charge < -0.3 is 4.42 Å². The highest BCUT2D eigenvalue weighted by atomic mass is 16.4. The zero-order valence-corrected chi connectivity index (χ0v) is 18.4. The van der Waals surface area contributed by atoms with Gasteiger partial charge in [0.1, 0.15) is 5.58 Å². The van der Waals surface area contributed by atoms with E-state index in [1.807, 2.05) is 12.1 Å². The molecule has 2 nitrogen and oxygen atoms in total. The average Bonchev–Trinajstić information content (AvgIpc) is 2.75. The Morgan fingerprint density at radius 1 is 0.645 bits per heavy atom. The van der Waals surface area contributed by atoms with Crippen molar-refractivity contribution in [3.05, 3.63) is 94.3 Å². The zero-order valence-electron chi connectivity index (χ0n) is 18.4. The largest absolute Gasteiger partial charge is 0.423 e. The van der Waals surface area contributed by atoms with Gasteiger partial charge in [0.15, 0.2) is 0 Å². The van der Waals surface area contributed by atoms with Crippen LogP contribution in [0.1, 0.15) is 50.7 Å². The Hall–Kier alpha value is -3.39. The van der Waals surface area contributed by atoms with Crippen LogP contribution in [-0.4, -0.2) is 0 Å². The van der Waals surface area contributed by atoms with E-state index in [1.54, 1.807) is 0 Å². The second-order valence-corrected chi connectivity index (χ2v) is 8.99. The van der Waals surface area contributed by atoms with Crippen molar-refractivity contribution in [3.8, 4) is 11.1 Å². The quantitative estimate of drug-likeness (QED) is 0.224. The van der Waals surface area contributed by atoms with Crippen molar-refractivity contribution in [3.63, 3.8) is 0 Å². The predicted octanol–water partition coefficient (Wildman–Crippen LogP) is 8.01. The molecule has 1 aromatic heterocycles. The van der Waals surface area contributed by atoms with Crippen LogP contribution < -0.4 is 5.63 Å². The molecule has 0 saturated carbocycles. The summed E-state index contributed by atoms with van der Waals surface area (Å²) in [6.45, 7) is 8.86. The molecule has 0 saturated heterocycles. The van der Waals surface area contributed by atoms with Crippen LogP contribution in [-0.2, 0) is 0 Å². The lowest BCUT2D eigenvalue weighted by atomic mass is 9.88. The smallest absolute Gasteiger partial charge is 0.336 e. The van der Waals surface area contributed by atoms with Crippen molar-refractivity contribution >= 4 is 32.5 Å². The lowest BCUT2D eigenvalue weighted by Gasteiger charge is -2.16. The Kier molecular flexibility index (Phi) is 4.66. The Bertz CT molecular complexity index is 1500. The molecule has 154 valence electrons. The third-order valence-corrected chi connectivity index (χ3v) is 6.21. The normalized spacial score (nSPS) is 11.9. The highest BCUT2D eigenvalue weighted by Crippen LogP contribution is 2.37. The van der Waals surface area contributed by atoms with Crippen LogP contribution in [0, 0.1) is 0 Å². The lowest BCUT2D eigenvalue weighted by molar-refractivity contribution is 0.560. The van der Waals surface area contributed by atoms with Crippen LogP contribution in [0.5, 0.6) is 0 Å². The molecule has 5 aromatic rings. The Labute approximate surface area is 182 Å². The summed E-state index contributed by atoms with van der Waals surface area (Å²) in [5, 5.41) is 6.14. The van der Waals surface area contributed by atoms with E-state index in [4.69, 9.17) is 4.42 Å². The topological polar surface area (TPSA) is 30.2 Å². The fraction of sp³-hybridized carbons (Fsp3) is 0.207. The minimum Gasteiger partial charge on any atom is -0.423 e. The standard InChI is InChI=1S/C29H26O2/c1-17(2)26-15-21(16-27-25(26)11-12-28(30)31-27)19-9-10-24-22(13-19)14-20-7-5-6-8-23(20)29(24)18(3)4/h5-18H,1-4H3. The number of hydrogen-bond donors (Lipinski definition) is 0. The molecule has 4 aromatic carbocycles. The summed E-state index contributed by atoms with van der Waals surface area (Å²) >= 11 is 0. The Morgan fingerprint density at radius 2 is 1.39 bits per heavy atom. The summed E-state index contributed by atoms with van der Waals surface area (Å²) in [6.07, 6.45) is 0. The van der Waals surface area contributed by atoms with Crippen LogP contribution in [0.25, 0.3) is 43.6 Å². The van der Waals surface area contributed by atoms with Crippen molar-refractivity contribution in [2.24, 2.45) is 0 Å². The molecule has 0 aliphatic heterocycles. The van der Waals surface area contributed by atoms with Crippen LogP contribution >= 0.6 is 0 Å². The fourth-order valence-corrected chi connectivity index (χ4v) is 4.76. The van der Waals surface area contributed by atoms with Crippen molar-refractivity contribution < 1.29 is 4.42 Å². The van der Waals surface area contributed by atoms with Gasteiger partial charge in [-0.25, -0.2) is 4.79 Å². The summed E-state index contributed by atoms with van der Waals surface area (Å²) < 4.78 is 5.55. The van der Waals surface area contributed by atoms with Gasteiger partial charge in [-0.2, -0.15) is 0 Å². The maximum Gasteiger partial charge on any atom is 0.336 e. The zero-order chi connectivity index (χ0) is 21.7. The van der Waals surface area contributed by atoms with E-state index in [0.717, 1.165) is 16.5 Å². The molecule has 2 heteroatoms. The first kappa shape index (κ1) is 19.6. The van der Waals surface area contributed by atoms with E-state index < -0.39 is 0 Å². The first-order valence-electron chi connectivity index (χ1n) is 11.0. The van der Waals surface area contributed by atoms with Gasteiger partial charge in [-0.15, -0.1) is 0 Å². The second-order valence-electron chi connectivity index (χ2n) is 8.99. The van der Waals surface area contributed by atoms with Gasteiger partial charge in [0.2, 0.25) is 0 Å². The van der Waals surface area contributed by atoms with Crippen molar-refractivity contribution in [2.45, 2.75) is 39.5 Å². The second kappa shape index (κ2) is 7.39. The van der Waals surface area contributed by atoms with Crippen molar-refractivity contribution in [2.75, 3.05) is 0 Å². The van der Waals surface area contributed by atoms with Crippen molar-refractivity contribution in [1.82, 2.24) is 0 Å². The average molecular weight is 407 g/mol. The molecule has 0 N–H and O–H groups in total. The van der Waals surface area contributed by atoms with Crippen LogP contribution in [0.15, 0.2) is 82.0 Å². The predicted molar refractivity (Wildman–Crippen MR) is 131 cm³/mol. The molecule has 1 heterocycles. The Morgan fingerprint density at radius 3 is 2.16 bits per heavy atom. The molecule has 0 fully saturated rings. The molecular weight excluding hydrogens is 380 g/mol. The van der Waals surface area contributed by atoms with E-state index in [-0.39, 0.29) is 5.63 Å². The van der Waals surface area contributed by atoms with Crippen LogP contribution in [0.2, 0.25) is 0 Å². The van der Waals surface area contributed by atoms with E-state index >= 15 is 0 Å². The number of rotatable bonds is 3. The molecule has 0 amide bonds. The maximum absolute atomic E-state index is 11.8. The molecular formula is C29H26O2. The van der Waals surface area contributed by atoms with E-state index in [9.17, 15) is 4.79 Å². The Balaban J connectivity index is 1.79. The van der Waals surface area contributed by atoms with Gasteiger partial charge in [0.05, 0.1) is 0 Å². The molecule has 31 heavy (non-hydrogen) atoms. The summed E-state index contributed by atoms with van der Waals surface area (Å²) in [5.74, 6) is 0.758. The number of fused-ring (bicyclic) bond motifs is 3. The number of hydrogen-bond acceptors (Lipinski definition) is 2. The fourth-order valence-electron chi connectivity index (χ4n) is 4.76. The lowest BCUT2D eigenvalue weighted by Crippen LogP contribution is -1.98. The minimum atomic E-state index is -0.314. The monoisotopic (exact) mass is 406 g/mol. The van der Waals surface area contributed by atoms with Gasteiger partial charge in [-0.3, -0.25) is 0 Å². The molecule has 0 radical (unpaired) electrons. The van der Waals surface area contributed by atoms with Gasteiger partial charge in [0, 0.05) is 11.5 Å². The maximum atomic E-state index is 11.8. The van der Waals surface area contributed by atoms with Crippen LogP contribution in [0.4, 0.5) is 0 Å². The summed E-state index contributed by atoms with van der Waals surface area (Å²) in [4.78, 5) is 11.8. The summed E-state index contributed by atoms with van der Waals surface area (Å²) in [6, 6.07) is 25.2. The summed E-state index contributed by atoms with van der Waals surface area (Å²) in [5.41, 5.74) is 5.13. The highest BCUT2D eigenvalue weighted by molar-refractivity contribution is 6.04. The van der Waals surface area contributed by atoms with E-state index in [2.05, 4.69) is 82.3 Å². The number of benzene rings is 4. The summed E-state index contributed by atoms with van der Waals surface area (Å²) in [7, 11) is 0. The van der Waals surface area contributed by atoms with Gasteiger partial charge in [-0.1, -0.05) is 70.2 Å². The minimum absolute atomic E-state index is 0.314. The molecule has 0 unspecified atom stereocenters. The molecule has 0 spiro atoms. The van der Waals surface area contributed by atoms with Crippen LogP contribution in [0.3, 0.4) is 0 Å². The van der Waals surface area contributed by atoms with Gasteiger partial charge in [-0.05, 0) is 79.9 Å². The van der Waals surface area contributed by atoms with Crippen molar-refractivity contribution in [1.29, 1.82) is 0 Å². The first-order valence-corrected chi connectivity index (χ1v) is 11.0. The van der Waals surface area contributed by atoms with Gasteiger partial charge in [0.25, 0.3) is 0 Å². The van der Waals surface area contributed by atoms with E-state index in [0.29, 0.717) is 17.4 Å². The molecule has 0 atom stereocenters.